The van der Waals surface area contributed by atoms with Crippen molar-refractivity contribution in [1.82, 2.24) is 9.21 Å². The molecule has 1 aromatic carbocycles. The van der Waals surface area contributed by atoms with Gasteiger partial charge in [0.25, 0.3) is 0 Å². The fourth-order valence-corrected chi connectivity index (χ4v) is 3.63. The van der Waals surface area contributed by atoms with Gasteiger partial charge in [0.1, 0.15) is 0 Å². The van der Waals surface area contributed by atoms with Gasteiger partial charge in [0.15, 0.2) is 0 Å². The lowest BCUT2D eigenvalue weighted by molar-refractivity contribution is -0.132. The monoisotopic (exact) mass is 358 g/mol. The summed E-state index contributed by atoms with van der Waals surface area (Å²) in [5.41, 5.74) is 0. The number of benzene rings is 1. The van der Waals surface area contributed by atoms with Crippen LogP contribution in [0.2, 0.25) is 5.02 Å². The standard InChI is InChI=1S/C16H23ClN2O3S/c1-12(2)10-19(14-6-7-14)16(20)11-18(3)23(21,22)15-8-4-13(17)5-9-15/h4-5,8-9,12,14H,6-7,10-11H2,1-3H3. The second-order valence-corrected chi connectivity index (χ2v) is 8.87. The maximum absolute atomic E-state index is 12.5. The number of carbonyl (C=O) groups is 1. The van der Waals surface area contributed by atoms with Crippen LogP contribution in [0, 0.1) is 5.92 Å². The van der Waals surface area contributed by atoms with Crippen LogP contribution in [-0.2, 0) is 14.8 Å². The molecule has 2 rings (SSSR count). The molecule has 0 unspecified atom stereocenters. The summed E-state index contributed by atoms with van der Waals surface area (Å²) in [7, 11) is -2.26. The Morgan fingerprint density at radius 1 is 1.26 bits per heavy atom. The molecule has 1 aliphatic rings. The fourth-order valence-electron chi connectivity index (χ4n) is 2.39. The van der Waals surface area contributed by atoms with Crippen LogP contribution < -0.4 is 0 Å². The van der Waals surface area contributed by atoms with E-state index in [1.807, 2.05) is 4.90 Å². The number of amides is 1. The Morgan fingerprint density at radius 2 is 1.83 bits per heavy atom. The molecule has 1 fully saturated rings. The molecule has 0 N–H and O–H groups in total. The Balaban J connectivity index is 2.08. The summed E-state index contributed by atoms with van der Waals surface area (Å²) in [6.45, 7) is 4.63. The van der Waals surface area contributed by atoms with Crippen molar-refractivity contribution in [3.8, 4) is 0 Å². The Hall–Kier alpha value is -1.11. The van der Waals surface area contributed by atoms with Gasteiger partial charge < -0.3 is 4.90 Å². The van der Waals surface area contributed by atoms with Gasteiger partial charge in [0, 0.05) is 24.7 Å². The van der Waals surface area contributed by atoms with Crippen LogP contribution in [-0.4, -0.2) is 49.7 Å². The minimum absolute atomic E-state index is 0.138. The molecule has 0 spiro atoms. The first kappa shape index (κ1) is 18.2. The second-order valence-electron chi connectivity index (χ2n) is 6.39. The average molecular weight is 359 g/mol. The van der Waals surface area contributed by atoms with Crippen LogP contribution in [0.4, 0.5) is 0 Å². The SMILES string of the molecule is CC(C)CN(C(=O)CN(C)S(=O)(=O)c1ccc(Cl)cc1)C1CC1. The Bertz CT molecular complexity index is 654. The van der Waals surface area contributed by atoms with Crippen molar-refractivity contribution in [3.05, 3.63) is 29.3 Å². The van der Waals surface area contributed by atoms with Crippen LogP contribution in [0.3, 0.4) is 0 Å². The quantitative estimate of drug-likeness (QED) is 0.752. The molecule has 1 aliphatic carbocycles. The van der Waals surface area contributed by atoms with E-state index in [0.717, 1.165) is 17.1 Å². The number of nitrogens with zero attached hydrogens (tertiary/aromatic N) is 2. The lowest BCUT2D eigenvalue weighted by Gasteiger charge is -2.26. The Morgan fingerprint density at radius 3 is 2.30 bits per heavy atom. The van der Waals surface area contributed by atoms with Crippen molar-refractivity contribution in [1.29, 1.82) is 0 Å². The third-order valence-corrected chi connectivity index (χ3v) is 5.82. The number of hydrogen-bond donors (Lipinski definition) is 0. The molecule has 1 aromatic rings. The fraction of sp³-hybridized carbons (Fsp3) is 0.562. The number of halogens is 1. The first-order valence-corrected chi connectivity index (χ1v) is 9.55. The zero-order valence-corrected chi connectivity index (χ0v) is 15.3. The van der Waals surface area contributed by atoms with Gasteiger partial charge >= 0.3 is 0 Å². The molecule has 23 heavy (non-hydrogen) atoms. The molecule has 1 saturated carbocycles. The molecule has 0 bridgehead atoms. The Labute approximate surface area is 143 Å². The van der Waals surface area contributed by atoms with Gasteiger partial charge in [-0.05, 0) is 43.0 Å². The molecule has 0 saturated heterocycles. The van der Waals surface area contributed by atoms with E-state index >= 15 is 0 Å². The molecular formula is C16H23ClN2O3S. The molecule has 5 nitrogen and oxygen atoms in total. The van der Waals surface area contributed by atoms with Crippen molar-refractivity contribution in [2.45, 2.75) is 37.6 Å². The van der Waals surface area contributed by atoms with E-state index in [9.17, 15) is 13.2 Å². The van der Waals surface area contributed by atoms with Crippen molar-refractivity contribution < 1.29 is 13.2 Å². The third kappa shape index (κ3) is 4.68. The van der Waals surface area contributed by atoms with E-state index in [1.54, 1.807) is 0 Å². The summed E-state index contributed by atoms with van der Waals surface area (Å²) < 4.78 is 26.1. The van der Waals surface area contributed by atoms with Gasteiger partial charge in [0.2, 0.25) is 15.9 Å². The van der Waals surface area contributed by atoms with Gasteiger partial charge in [0.05, 0.1) is 11.4 Å². The third-order valence-electron chi connectivity index (χ3n) is 3.75. The predicted molar refractivity (Wildman–Crippen MR) is 90.8 cm³/mol. The largest absolute Gasteiger partial charge is 0.338 e. The normalized spacial score (nSPS) is 15.2. The van der Waals surface area contributed by atoms with Gasteiger partial charge in [-0.1, -0.05) is 25.4 Å². The highest BCUT2D eigenvalue weighted by Crippen LogP contribution is 2.28. The second kappa shape index (κ2) is 7.20. The maximum Gasteiger partial charge on any atom is 0.243 e. The van der Waals surface area contributed by atoms with Crippen LogP contribution >= 0.6 is 11.6 Å². The highest BCUT2D eigenvalue weighted by atomic mass is 35.5. The molecule has 1 amide bonds. The zero-order chi connectivity index (χ0) is 17.2. The highest BCUT2D eigenvalue weighted by Gasteiger charge is 2.34. The van der Waals surface area contributed by atoms with E-state index in [2.05, 4.69) is 13.8 Å². The molecule has 0 aliphatic heterocycles. The first-order chi connectivity index (χ1) is 10.7. The van der Waals surface area contributed by atoms with Crippen LogP contribution in [0.15, 0.2) is 29.2 Å². The van der Waals surface area contributed by atoms with Crippen molar-refractivity contribution in [3.63, 3.8) is 0 Å². The number of sulfonamides is 1. The summed E-state index contributed by atoms with van der Waals surface area (Å²) in [4.78, 5) is 14.5. The van der Waals surface area contributed by atoms with Crippen molar-refractivity contribution in [2.24, 2.45) is 5.92 Å². The lowest BCUT2D eigenvalue weighted by Crippen LogP contribution is -2.43. The van der Waals surface area contributed by atoms with Crippen molar-refractivity contribution >= 4 is 27.5 Å². The van der Waals surface area contributed by atoms with Crippen LogP contribution in [0.5, 0.6) is 0 Å². The number of rotatable bonds is 7. The van der Waals surface area contributed by atoms with E-state index < -0.39 is 10.0 Å². The molecule has 0 radical (unpaired) electrons. The van der Waals surface area contributed by atoms with Gasteiger partial charge in [-0.15, -0.1) is 0 Å². The van der Waals surface area contributed by atoms with Gasteiger partial charge in [-0.25, -0.2) is 8.42 Å². The minimum Gasteiger partial charge on any atom is -0.338 e. The smallest absolute Gasteiger partial charge is 0.243 e. The van der Waals surface area contributed by atoms with Gasteiger partial charge in [-0.3, -0.25) is 4.79 Å². The summed E-state index contributed by atoms with van der Waals surface area (Å²) in [5.74, 6) is 0.221. The van der Waals surface area contributed by atoms with Crippen molar-refractivity contribution in [2.75, 3.05) is 20.1 Å². The summed E-state index contributed by atoms with van der Waals surface area (Å²) in [6, 6.07) is 6.23. The first-order valence-electron chi connectivity index (χ1n) is 7.73. The van der Waals surface area contributed by atoms with Gasteiger partial charge in [-0.2, -0.15) is 4.31 Å². The van der Waals surface area contributed by atoms with E-state index in [0.29, 0.717) is 17.5 Å². The van der Waals surface area contributed by atoms with E-state index in [1.165, 1.54) is 31.3 Å². The predicted octanol–water partition coefficient (Wildman–Crippen LogP) is 2.61. The summed E-state index contributed by atoms with van der Waals surface area (Å²) in [6.07, 6.45) is 2.01. The molecule has 0 heterocycles. The number of carbonyl (C=O) groups excluding carboxylic acids is 1. The molecular weight excluding hydrogens is 336 g/mol. The van der Waals surface area contributed by atoms with Crippen LogP contribution in [0.1, 0.15) is 26.7 Å². The number of likely N-dealkylation sites (N-methyl/N-ethyl adjacent to an activating group) is 1. The van der Waals surface area contributed by atoms with E-state index in [4.69, 9.17) is 11.6 Å². The zero-order valence-electron chi connectivity index (χ0n) is 13.7. The number of hydrogen-bond acceptors (Lipinski definition) is 3. The topological polar surface area (TPSA) is 57.7 Å². The summed E-state index contributed by atoms with van der Waals surface area (Å²) in [5, 5.41) is 0.472. The highest BCUT2D eigenvalue weighted by molar-refractivity contribution is 7.89. The maximum atomic E-state index is 12.5. The Kier molecular flexibility index (Phi) is 5.70. The molecule has 0 aromatic heterocycles. The molecule has 7 heteroatoms. The lowest BCUT2D eigenvalue weighted by atomic mass is 10.2. The average Bonchev–Trinajstić information content (AvgIpc) is 3.29. The molecule has 128 valence electrons. The minimum atomic E-state index is -3.69. The van der Waals surface area contributed by atoms with Crippen LogP contribution in [0.25, 0.3) is 0 Å². The van der Waals surface area contributed by atoms with E-state index in [-0.39, 0.29) is 23.4 Å². The summed E-state index contributed by atoms with van der Waals surface area (Å²) >= 11 is 5.79. The molecule has 0 atom stereocenters.